The fourth-order valence-electron chi connectivity index (χ4n) is 24.2. The molecule has 12 fully saturated rings. The molecule has 8 aliphatic heterocycles. The van der Waals surface area contributed by atoms with Crippen LogP contribution in [0.25, 0.3) is 0 Å². The van der Waals surface area contributed by atoms with E-state index in [1.165, 1.54) is 13.8 Å². The van der Waals surface area contributed by atoms with Crippen LogP contribution in [-0.2, 0) is 109 Å². The molecule has 5 aliphatic carbocycles. The molecule has 13 aliphatic rings. The van der Waals surface area contributed by atoms with Crippen molar-refractivity contribution in [2.24, 2.45) is 62.1 Å². The highest BCUT2D eigenvalue weighted by atomic mass is 16.8. The molecule has 0 aromatic rings. The summed E-state index contributed by atoms with van der Waals surface area (Å²) in [4.78, 5) is 72.1. The van der Waals surface area contributed by atoms with Crippen LogP contribution in [0, 0.1) is 62.1 Å². The van der Waals surface area contributed by atoms with E-state index in [1.807, 2.05) is 27.7 Å². The Morgan fingerprint density at radius 1 is 0.514 bits per heavy atom. The third-order valence-corrected chi connectivity index (χ3v) is 33.2. The third kappa shape index (κ3) is 21.5. The Bertz CT molecular complexity index is 4100. The lowest BCUT2D eigenvalue weighted by Gasteiger charge is -2.71. The molecule has 23 N–H and O–H groups in total. The van der Waals surface area contributed by atoms with Crippen LogP contribution < -0.4 is 0 Å². The van der Waals surface area contributed by atoms with E-state index in [1.54, 1.807) is 27.7 Å². The Kier molecular flexibility index (Phi) is 35.5. The maximum atomic E-state index is 16.4. The second-order valence-electron chi connectivity index (χ2n) is 42.6. The number of allylic oxidation sites excluding steroid dienone is 2. The van der Waals surface area contributed by atoms with Crippen LogP contribution in [0.2, 0.25) is 0 Å². The number of esters is 3. The molecule has 8 heterocycles. The number of aliphatic carboxylic acids is 1. The van der Waals surface area contributed by atoms with Crippen LogP contribution in [0.4, 0.5) is 0 Å². The molecular weight excluding hydrogens is 1840 g/mol. The Morgan fingerprint density at radius 2 is 1.07 bits per heavy atom. The lowest BCUT2D eigenvalue weighted by Crippen LogP contribution is -2.70. The van der Waals surface area contributed by atoms with Crippen molar-refractivity contribution in [3.63, 3.8) is 0 Å². The molecule has 38 unspecified atom stereocenters. The molecule has 0 aromatic carbocycles. The molecule has 46 nitrogen and oxygen atoms in total. The first-order valence-corrected chi connectivity index (χ1v) is 48.3. The predicted octanol–water partition coefficient (Wildman–Crippen LogP) is -5.69. The zero-order chi connectivity index (χ0) is 101. The van der Waals surface area contributed by atoms with Crippen molar-refractivity contribution < 1.29 is 227 Å². The third-order valence-electron chi connectivity index (χ3n) is 33.2. The van der Waals surface area contributed by atoms with Gasteiger partial charge >= 0.3 is 23.9 Å². The Balaban J connectivity index is 0.750. The van der Waals surface area contributed by atoms with Gasteiger partial charge in [-0.15, -0.1) is 0 Å². The molecule has 138 heavy (non-hydrogen) atoms. The number of ether oxygens (including phenoxy) is 18. The van der Waals surface area contributed by atoms with Crippen molar-refractivity contribution in [3.05, 3.63) is 11.6 Å². The first kappa shape index (κ1) is 111. The molecule has 8 saturated heterocycles. The monoisotopic (exact) mass is 1990 g/mol. The molecule has 4 saturated carbocycles. The first-order valence-electron chi connectivity index (χ1n) is 48.3. The van der Waals surface area contributed by atoms with E-state index in [-0.39, 0.29) is 50.4 Å². The van der Waals surface area contributed by atoms with Gasteiger partial charge in [0.15, 0.2) is 56.1 Å². The number of fused-ring (bicyclic) bond motifs is 7. The predicted molar refractivity (Wildman–Crippen MR) is 458 cm³/mol. The topological polar surface area (TPSA) is 717 Å². The number of carboxylic acids is 1. The highest BCUT2D eigenvalue weighted by Gasteiger charge is 2.74. The van der Waals surface area contributed by atoms with Crippen molar-refractivity contribution in [2.45, 2.75) is 431 Å². The van der Waals surface area contributed by atoms with Crippen LogP contribution in [-0.4, -0.2) is 439 Å². The number of carboxylic acid groups (broad SMARTS) is 1. The van der Waals surface area contributed by atoms with Gasteiger partial charge in [0.1, 0.15) is 159 Å². The molecule has 0 radical (unpaired) electrons. The summed E-state index contributed by atoms with van der Waals surface area (Å²) >= 11 is 0. The maximum absolute atomic E-state index is 16.4. The molecule has 13 rings (SSSR count). The van der Waals surface area contributed by atoms with Crippen LogP contribution in [0.3, 0.4) is 0 Å². The van der Waals surface area contributed by atoms with Gasteiger partial charge in [0.2, 0.25) is 12.1 Å². The second kappa shape index (κ2) is 44.1. The lowest BCUT2D eigenvalue weighted by molar-refractivity contribution is -0.408. The van der Waals surface area contributed by atoms with Gasteiger partial charge in [-0.3, -0.25) is 14.4 Å². The smallest absolute Gasteiger partial charge is 0.335 e. The summed E-state index contributed by atoms with van der Waals surface area (Å²) in [5, 5.41) is 257. The summed E-state index contributed by atoms with van der Waals surface area (Å²) in [6.45, 7) is 17.8. The minimum Gasteiger partial charge on any atom is -0.479 e. The number of aldehydes is 1. The molecular formula is C92H148O46. The molecule has 46 heteroatoms. The average Bonchev–Trinajstić information content (AvgIpc) is 0.788. The minimum atomic E-state index is -2.92. The van der Waals surface area contributed by atoms with Gasteiger partial charge < -0.3 is 208 Å². The molecule has 0 aromatic heterocycles. The van der Waals surface area contributed by atoms with E-state index in [0.29, 0.717) is 44.9 Å². The van der Waals surface area contributed by atoms with Gasteiger partial charge in [0.25, 0.3) is 0 Å². The van der Waals surface area contributed by atoms with E-state index >= 15 is 4.79 Å². The number of rotatable bonds is 34. The van der Waals surface area contributed by atoms with Crippen molar-refractivity contribution >= 4 is 30.2 Å². The highest BCUT2D eigenvalue weighted by molar-refractivity contribution is 5.80. The van der Waals surface area contributed by atoms with E-state index in [4.69, 9.17) is 85.3 Å². The van der Waals surface area contributed by atoms with Crippen molar-refractivity contribution in [3.8, 4) is 0 Å². The molecule has 0 bridgehead atoms. The quantitative estimate of drug-likeness (QED) is 0.00713. The molecule has 51 atom stereocenters. The van der Waals surface area contributed by atoms with E-state index < -0.39 is 378 Å². The summed E-state index contributed by atoms with van der Waals surface area (Å²) in [5.41, 5.74) is -5.59. The zero-order valence-electron chi connectivity index (χ0n) is 79.7. The van der Waals surface area contributed by atoms with Crippen LogP contribution in [0.5, 0.6) is 0 Å². The summed E-state index contributed by atoms with van der Waals surface area (Å²) in [6.07, 6.45) is -66.9. The van der Waals surface area contributed by atoms with Crippen molar-refractivity contribution in [1.29, 1.82) is 0 Å². The van der Waals surface area contributed by atoms with Gasteiger partial charge in [-0.25, -0.2) is 4.79 Å². The van der Waals surface area contributed by atoms with Crippen LogP contribution in [0.1, 0.15) is 179 Å². The number of carbonyl (C=O) groups excluding carboxylic acids is 4. The fraction of sp³-hybridized carbons (Fsp3) is 0.924. The van der Waals surface area contributed by atoms with Gasteiger partial charge in [0, 0.05) is 12.8 Å². The Labute approximate surface area is 797 Å². The van der Waals surface area contributed by atoms with Crippen molar-refractivity contribution in [1.82, 2.24) is 0 Å². The number of aliphatic hydroxyl groups excluding tert-OH is 21. The molecule has 792 valence electrons. The Morgan fingerprint density at radius 3 is 1.72 bits per heavy atom. The van der Waals surface area contributed by atoms with Gasteiger partial charge in [0.05, 0.1) is 94.0 Å². The highest BCUT2D eigenvalue weighted by Crippen LogP contribution is 2.76. The lowest BCUT2D eigenvalue weighted by atomic mass is 9.33. The molecule has 0 amide bonds. The van der Waals surface area contributed by atoms with Crippen LogP contribution >= 0.6 is 0 Å². The van der Waals surface area contributed by atoms with Crippen LogP contribution in [0.15, 0.2) is 11.6 Å². The van der Waals surface area contributed by atoms with Gasteiger partial charge in [-0.2, -0.15) is 0 Å². The standard InChI is InChI=1S/C92H148O46/c1-13-36(3)47(126-55(102)25-41(97)24-48(37(4)14-2)127-81-63(110)59(106)50(30-94)128-81)23-40(96)26-56(103)131-70-39(6)125-83(74(66(70)113)135-80-65(112)61(108)69(38(5)124-80)132-79-68(115)71(45(99)33-123-79)133-78-62(109)57(104)44(98)32-122-78)137-85(119)91-22-21-86(7,8)27-43(91)42-15-16-52-87(9)19-18-54(88(10,34-95)51(87)17-20-89(52,11)90(42,12)28-53(91)101)130-84-75(136-82-64(111)60(107)58(105)49(29-93)129-82)72(67(114)73(134-84)77(117)118)138-92(120)35-121-31-46(100)76(92)116/h15,34,36-41,43-54,57-76,78-84,93-94,96-101,104-116,120H,13-14,16-33,35H2,1-12H3,(H,117,118)/t36-,37-,38?,39?,40-,41-,43?,44?,45?,46?,47-,48-,49?,50?,51?,52?,53+,54-,57?,58?,59?,60?,61?,62?,63?,64?,65?,66?,67?,68?,69?,70?,71?,72?,73?,74?,75?,76?,78?,79?,80?,81?,82?,83?,84?,87-,88-,89+,90+,91+,92?/m0/s1. The SMILES string of the molecule is CC[C@H](C)[C@H](C[C@H](O)CC(=O)OC1C(C)OC(OC(=O)[C@]23CCC(C)(C)CC2C2=CCC4[C@@]5(C)CC[C@H](OC6OC(C(=O)O)C(O)C(OC7(O)COCC(O)C7O)C6OC6OC(CO)C(O)C(O)C6O)[C@@](C)(C=O)C5CC[C@@]4(C)[C@]2(C)C[C@H]3O)C(OC2OC(C)C(OC3OCC(O)C(OC4OCC(O)C(O)C4O)C3O)C(O)C2O)C1O)OC(=O)C[C@@H](O)C[C@H](OC1OC(CO)C(O)C1O)[C@@H](C)CC. The second-order valence-corrected chi connectivity index (χ2v) is 42.6. The fourth-order valence-corrected chi connectivity index (χ4v) is 24.2. The van der Waals surface area contributed by atoms with Gasteiger partial charge in [-0.05, 0) is 123 Å². The number of aliphatic hydroxyl groups is 22. The van der Waals surface area contributed by atoms with E-state index in [2.05, 4.69) is 19.9 Å². The first-order chi connectivity index (χ1) is 64.7. The molecule has 0 spiro atoms. The average molecular weight is 1990 g/mol. The largest absolute Gasteiger partial charge is 0.479 e. The van der Waals surface area contributed by atoms with E-state index in [0.717, 1.165) is 11.9 Å². The normalized spacial score (nSPS) is 48.8. The number of hydrogen-bond acceptors (Lipinski definition) is 45. The Hall–Kier alpha value is -4.19. The minimum absolute atomic E-state index is 0.00970. The van der Waals surface area contributed by atoms with Gasteiger partial charge in [-0.1, -0.05) is 93.7 Å². The summed E-state index contributed by atoms with van der Waals surface area (Å²) in [5.74, 6) is -10.2. The summed E-state index contributed by atoms with van der Waals surface area (Å²) in [7, 11) is 0. The zero-order valence-corrected chi connectivity index (χ0v) is 79.7. The van der Waals surface area contributed by atoms with Crippen molar-refractivity contribution in [2.75, 3.05) is 39.6 Å². The summed E-state index contributed by atoms with van der Waals surface area (Å²) < 4.78 is 108. The number of hydrogen-bond donors (Lipinski definition) is 23. The van der Waals surface area contributed by atoms with E-state index in [9.17, 15) is 137 Å². The maximum Gasteiger partial charge on any atom is 0.335 e. The number of carbonyl (C=O) groups is 5. The summed E-state index contributed by atoms with van der Waals surface area (Å²) in [6, 6.07) is 0.